The van der Waals surface area contributed by atoms with E-state index in [0.717, 1.165) is 23.0 Å². The van der Waals surface area contributed by atoms with E-state index in [1.807, 2.05) is 0 Å². The van der Waals surface area contributed by atoms with Crippen LogP contribution in [0.3, 0.4) is 0 Å². The monoisotopic (exact) mass is 289 g/mol. The molecule has 4 heteroatoms. The van der Waals surface area contributed by atoms with Gasteiger partial charge in [-0.15, -0.1) is 0 Å². The fourth-order valence-corrected chi connectivity index (χ4v) is 1.84. The van der Waals surface area contributed by atoms with Crippen molar-refractivity contribution < 1.29 is 9.50 Å². The highest BCUT2D eigenvalue weighted by Gasteiger charge is 2.03. The number of hydrogen-bond donors (Lipinski definition) is 2. The average molecular weight is 290 g/mol. The topological polar surface area (TPSA) is 32.3 Å². The second-order valence-corrected chi connectivity index (χ2v) is 4.84. The van der Waals surface area contributed by atoms with Crippen molar-refractivity contribution >= 4 is 15.9 Å². The van der Waals surface area contributed by atoms with Gasteiger partial charge in [-0.3, -0.25) is 0 Å². The predicted octanol–water partition coefficient (Wildman–Crippen LogP) is 2.70. The summed E-state index contributed by atoms with van der Waals surface area (Å²) in [7, 11) is 0. The molecule has 0 aromatic heterocycles. The molecule has 2 N–H and O–H groups in total. The van der Waals surface area contributed by atoms with Crippen LogP contribution >= 0.6 is 15.9 Å². The van der Waals surface area contributed by atoms with Crippen LogP contribution in [-0.4, -0.2) is 18.3 Å². The Kier molecular flexibility index (Phi) is 5.95. The minimum Gasteiger partial charge on any atom is -0.396 e. The van der Waals surface area contributed by atoms with Crippen molar-refractivity contribution in [3.8, 4) is 0 Å². The van der Waals surface area contributed by atoms with Crippen LogP contribution in [0.15, 0.2) is 22.7 Å². The number of rotatable bonds is 6. The molecule has 0 fully saturated rings. The molecule has 1 aromatic rings. The van der Waals surface area contributed by atoms with E-state index in [2.05, 4.69) is 28.2 Å². The summed E-state index contributed by atoms with van der Waals surface area (Å²) < 4.78 is 13.9. The first-order valence-electron chi connectivity index (χ1n) is 5.39. The van der Waals surface area contributed by atoms with E-state index in [-0.39, 0.29) is 12.4 Å². The summed E-state index contributed by atoms with van der Waals surface area (Å²) in [4.78, 5) is 0. The molecule has 0 aliphatic heterocycles. The molecule has 0 amide bonds. The standard InChI is InChI=1S/C12H17BrFNO/c1-9(4-5-16)7-15-8-10-6-11(14)2-3-12(10)13/h2-3,6,9,15-16H,4-5,7-8H2,1H3. The van der Waals surface area contributed by atoms with Gasteiger partial charge in [0, 0.05) is 17.6 Å². The maximum atomic E-state index is 13.0. The van der Waals surface area contributed by atoms with Gasteiger partial charge in [0.15, 0.2) is 0 Å². The second-order valence-electron chi connectivity index (χ2n) is 3.98. The maximum Gasteiger partial charge on any atom is 0.123 e. The van der Waals surface area contributed by atoms with Gasteiger partial charge < -0.3 is 10.4 Å². The first-order valence-corrected chi connectivity index (χ1v) is 6.18. The fraction of sp³-hybridized carbons (Fsp3) is 0.500. The van der Waals surface area contributed by atoms with Crippen molar-refractivity contribution in [3.05, 3.63) is 34.1 Å². The van der Waals surface area contributed by atoms with Crippen molar-refractivity contribution in [2.24, 2.45) is 5.92 Å². The van der Waals surface area contributed by atoms with Gasteiger partial charge in [0.2, 0.25) is 0 Å². The average Bonchev–Trinajstić information content (AvgIpc) is 2.23. The summed E-state index contributed by atoms with van der Waals surface area (Å²) >= 11 is 3.38. The van der Waals surface area contributed by atoms with Gasteiger partial charge >= 0.3 is 0 Å². The molecule has 0 spiro atoms. The maximum absolute atomic E-state index is 13.0. The lowest BCUT2D eigenvalue weighted by Crippen LogP contribution is -2.21. The van der Waals surface area contributed by atoms with Crippen molar-refractivity contribution in [1.29, 1.82) is 0 Å². The van der Waals surface area contributed by atoms with E-state index in [1.165, 1.54) is 12.1 Å². The molecule has 1 aromatic carbocycles. The molecule has 1 atom stereocenters. The van der Waals surface area contributed by atoms with Gasteiger partial charge in [-0.25, -0.2) is 4.39 Å². The molecular weight excluding hydrogens is 273 g/mol. The van der Waals surface area contributed by atoms with Gasteiger partial charge in [0.05, 0.1) is 0 Å². The van der Waals surface area contributed by atoms with Crippen LogP contribution in [0.5, 0.6) is 0 Å². The zero-order valence-electron chi connectivity index (χ0n) is 9.34. The first kappa shape index (κ1) is 13.6. The summed E-state index contributed by atoms with van der Waals surface area (Å²) in [6.45, 7) is 3.74. The van der Waals surface area contributed by atoms with Gasteiger partial charge in [0.1, 0.15) is 5.82 Å². The third-order valence-corrected chi connectivity index (χ3v) is 3.21. The second kappa shape index (κ2) is 6.99. The van der Waals surface area contributed by atoms with Gasteiger partial charge in [-0.2, -0.15) is 0 Å². The first-order chi connectivity index (χ1) is 7.63. The Balaban J connectivity index is 2.39. The largest absolute Gasteiger partial charge is 0.396 e. The van der Waals surface area contributed by atoms with E-state index < -0.39 is 0 Å². The highest BCUT2D eigenvalue weighted by Crippen LogP contribution is 2.17. The molecule has 0 saturated heterocycles. The minimum atomic E-state index is -0.219. The Bertz CT molecular complexity index is 333. The molecular formula is C12H17BrFNO. The number of benzene rings is 1. The highest BCUT2D eigenvalue weighted by molar-refractivity contribution is 9.10. The van der Waals surface area contributed by atoms with Crippen LogP contribution in [-0.2, 0) is 6.54 Å². The molecule has 0 bridgehead atoms. The van der Waals surface area contributed by atoms with E-state index >= 15 is 0 Å². The van der Waals surface area contributed by atoms with Gasteiger partial charge in [-0.05, 0) is 42.6 Å². The van der Waals surface area contributed by atoms with E-state index in [9.17, 15) is 4.39 Å². The SMILES string of the molecule is CC(CCO)CNCc1cc(F)ccc1Br. The third-order valence-electron chi connectivity index (χ3n) is 2.44. The van der Waals surface area contributed by atoms with Crippen LogP contribution in [0, 0.1) is 11.7 Å². The number of aliphatic hydroxyl groups is 1. The van der Waals surface area contributed by atoms with Crippen LogP contribution in [0.4, 0.5) is 4.39 Å². The highest BCUT2D eigenvalue weighted by atomic mass is 79.9. The zero-order chi connectivity index (χ0) is 12.0. The van der Waals surface area contributed by atoms with Crippen molar-refractivity contribution in [3.63, 3.8) is 0 Å². The van der Waals surface area contributed by atoms with Crippen LogP contribution < -0.4 is 5.32 Å². The number of hydrogen-bond acceptors (Lipinski definition) is 2. The quantitative estimate of drug-likeness (QED) is 0.844. The molecule has 1 rings (SSSR count). The Morgan fingerprint density at radius 1 is 1.50 bits per heavy atom. The lowest BCUT2D eigenvalue weighted by molar-refractivity contribution is 0.260. The minimum absolute atomic E-state index is 0.215. The third kappa shape index (κ3) is 4.60. The Labute approximate surface area is 104 Å². The molecule has 0 heterocycles. The molecule has 16 heavy (non-hydrogen) atoms. The molecule has 0 radical (unpaired) electrons. The normalized spacial score (nSPS) is 12.8. The molecule has 90 valence electrons. The van der Waals surface area contributed by atoms with Crippen LogP contribution in [0.1, 0.15) is 18.9 Å². The molecule has 0 aliphatic carbocycles. The lowest BCUT2D eigenvalue weighted by atomic mass is 10.1. The summed E-state index contributed by atoms with van der Waals surface area (Å²) in [5.74, 6) is 0.209. The van der Waals surface area contributed by atoms with Crippen molar-refractivity contribution in [1.82, 2.24) is 5.32 Å². The Morgan fingerprint density at radius 2 is 2.25 bits per heavy atom. The van der Waals surface area contributed by atoms with E-state index in [0.29, 0.717) is 12.5 Å². The van der Waals surface area contributed by atoms with Gasteiger partial charge in [0.25, 0.3) is 0 Å². The summed E-state index contributed by atoms with van der Waals surface area (Å²) in [6.07, 6.45) is 0.789. The molecule has 0 saturated carbocycles. The zero-order valence-corrected chi connectivity index (χ0v) is 10.9. The fourth-order valence-electron chi connectivity index (χ4n) is 1.45. The number of aliphatic hydroxyl groups excluding tert-OH is 1. The smallest absolute Gasteiger partial charge is 0.123 e. The van der Waals surface area contributed by atoms with Crippen molar-refractivity contribution in [2.45, 2.75) is 19.9 Å². The van der Waals surface area contributed by atoms with E-state index in [4.69, 9.17) is 5.11 Å². The lowest BCUT2D eigenvalue weighted by Gasteiger charge is -2.11. The van der Waals surface area contributed by atoms with Crippen LogP contribution in [0.2, 0.25) is 0 Å². The predicted molar refractivity (Wildman–Crippen MR) is 66.7 cm³/mol. The summed E-state index contributed by atoms with van der Waals surface area (Å²) in [6, 6.07) is 4.67. The van der Waals surface area contributed by atoms with Gasteiger partial charge in [-0.1, -0.05) is 22.9 Å². The number of halogens is 2. The van der Waals surface area contributed by atoms with E-state index in [1.54, 1.807) is 6.07 Å². The molecule has 2 nitrogen and oxygen atoms in total. The summed E-state index contributed by atoms with van der Waals surface area (Å²) in [5, 5.41) is 12.0. The Hall–Kier alpha value is -0.450. The van der Waals surface area contributed by atoms with Crippen molar-refractivity contribution in [2.75, 3.05) is 13.2 Å². The summed E-state index contributed by atoms with van der Waals surface area (Å²) in [5.41, 5.74) is 0.913. The molecule has 1 unspecified atom stereocenters. The number of nitrogens with one attached hydrogen (secondary N) is 1. The Morgan fingerprint density at radius 3 is 2.94 bits per heavy atom. The van der Waals surface area contributed by atoms with Crippen LogP contribution in [0.25, 0.3) is 0 Å². The molecule has 0 aliphatic rings.